The van der Waals surface area contributed by atoms with E-state index in [1.807, 2.05) is 0 Å². The number of esters is 1. The normalized spacial score (nSPS) is 16.1. The fraction of sp³-hybridized carbons (Fsp3) is 0.900. The van der Waals surface area contributed by atoms with E-state index in [4.69, 9.17) is 0 Å². The van der Waals surface area contributed by atoms with Crippen molar-refractivity contribution in [2.75, 3.05) is 0 Å². The van der Waals surface area contributed by atoms with Crippen molar-refractivity contribution in [3.63, 3.8) is 0 Å². The van der Waals surface area contributed by atoms with Crippen LogP contribution in [0, 0.1) is 0 Å². The van der Waals surface area contributed by atoms with Crippen LogP contribution in [-0.2, 0) is 9.53 Å². The summed E-state index contributed by atoms with van der Waals surface area (Å²) in [4.78, 5) is 10.1. The molecule has 0 fully saturated rings. The molecule has 0 amide bonds. The van der Waals surface area contributed by atoms with Crippen LogP contribution >= 0.6 is 0 Å². The minimum atomic E-state index is -8.71. The SMILES string of the molecule is CC(=O)OC(F)(F)C(F)(F)C(F)(F)C(F)(F)C(F)(F)C(F)(F)C(F)(F)C(F)(F)F. The van der Waals surface area contributed by atoms with Crippen molar-refractivity contribution in [2.45, 2.75) is 54.7 Å². The van der Waals surface area contributed by atoms with Gasteiger partial charge >= 0.3 is 53.8 Å². The zero-order valence-corrected chi connectivity index (χ0v) is 12.7. The number of halogens is 17. The van der Waals surface area contributed by atoms with Crippen LogP contribution in [0.5, 0.6) is 0 Å². The maximum atomic E-state index is 13.1. The van der Waals surface area contributed by atoms with E-state index in [1.54, 1.807) is 0 Å². The van der Waals surface area contributed by atoms with Crippen LogP contribution in [0.25, 0.3) is 0 Å². The van der Waals surface area contributed by atoms with Crippen LogP contribution < -0.4 is 0 Å². The lowest BCUT2D eigenvalue weighted by Crippen LogP contribution is -2.74. The highest BCUT2D eigenvalue weighted by Crippen LogP contribution is 2.63. The number of carbonyl (C=O) groups is 1. The Morgan fingerprint density at radius 2 is 0.724 bits per heavy atom. The molecule has 0 bridgehead atoms. The molecule has 174 valence electrons. The summed E-state index contributed by atoms with van der Waals surface area (Å²) in [5.74, 6) is -53.3. The fourth-order valence-electron chi connectivity index (χ4n) is 1.39. The summed E-state index contributed by atoms with van der Waals surface area (Å²) >= 11 is 0. The second-order valence-corrected chi connectivity index (χ2v) is 5.05. The number of rotatable bonds is 7. The Labute approximate surface area is 146 Å². The summed E-state index contributed by atoms with van der Waals surface area (Å²) < 4.78 is 219. The lowest BCUT2D eigenvalue weighted by atomic mass is 9.90. The summed E-state index contributed by atoms with van der Waals surface area (Å²) in [5, 5.41) is 0. The quantitative estimate of drug-likeness (QED) is 0.356. The third-order valence-electron chi connectivity index (χ3n) is 2.97. The van der Waals surface area contributed by atoms with Gasteiger partial charge in [0.15, 0.2) is 0 Å². The highest BCUT2D eigenvalue weighted by Gasteiger charge is 2.95. The topological polar surface area (TPSA) is 26.3 Å². The molecular weight excluding hydrogens is 475 g/mol. The van der Waals surface area contributed by atoms with Gasteiger partial charge in [-0.3, -0.25) is 4.79 Å². The number of hydrogen-bond donors (Lipinski definition) is 0. The molecule has 0 aliphatic carbocycles. The van der Waals surface area contributed by atoms with Gasteiger partial charge in [0, 0.05) is 6.92 Å². The Kier molecular flexibility index (Phi) is 6.25. The van der Waals surface area contributed by atoms with Gasteiger partial charge in [-0.1, -0.05) is 0 Å². The summed E-state index contributed by atoms with van der Waals surface area (Å²) in [5.41, 5.74) is 0. The van der Waals surface area contributed by atoms with Crippen molar-refractivity contribution in [3.8, 4) is 0 Å². The van der Waals surface area contributed by atoms with Crippen molar-refractivity contribution < 1.29 is 84.2 Å². The monoisotopic (exact) mass is 478 g/mol. The van der Waals surface area contributed by atoms with E-state index in [2.05, 4.69) is 4.74 Å². The molecule has 2 nitrogen and oxygen atoms in total. The predicted octanol–water partition coefficient (Wildman–Crippen LogP) is 5.52. The van der Waals surface area contributed by atoms with Crippen LogP contribution in [0.2, 0.25) is 0 Å². The fourth-order valence-corrected chi connectivity index (χ4v) is 1.39. The van der Waals surface area contributed by atoms with Gasteiger partial charge in [-0.15, -0.1) is 0 Å². The molecule has 0 spiro atoms. The molecule has 0 aromatic carbocycles. The molecule has 0 saturated carbocycles. The maximum absolute atomic E-state index is 13.1. The first kappa shape index (κ1) is 27.3. The van der Waals surface area contributed by atoms with Crippen LogP contribution in [0.1, 0.15) is 6.92 Å². The van der Waals surface area contributed by atoms with E-state index in [1.165, 1.54) is 0 Å². The molecule has 0 saturated heterocycles. The van der Waals surface area contributed by atoms with Crippen LogP contribution in [0.3, 0.4) is 0 Å². The molecule has 19 heteroatoms. The van der Waals surface area contributed by atoms with E-state index in [0.717, 1.165) is 0 Å². The van der Waals surface area contributed by atoms with Crippen molar-refractivity contribution in [1.29, 1.82) is 0 Å². The zero-order chi connectivity index (χ0) is 24.3. The first-order valence-electron chi connectivity index (χ1n) is 6.08. The molecule has 0 N–H and O–H groups in total. The minimum absolute atomic E-state index is 0.229. The average molecular weight is 478 g/mol. The highest BCUT2D eigenvalue weighted by molar-refractivity contribution is 5.66. The smallest absolute Gasteiger partial charge is 0.396 e. The van der Waals surface area contributed by atoms with Crippen LogP contribution in [0.15, 0.2) is 0 Å². The molecule has 29 heavy (non-hydrogen) atoms. The lowest BCUT2D eigenvalue weighted by molar-refractivity contribution is -0.473. The van der Waals surface area contributed by atoms with E-state index in [-0.39, 0.29) is 6.92 Å². The molecule has 0 rings (SSSR count). The summed E-state index contributed by atoms with van der Waals surface area (Å²) in [7, 11) is 0. The third-order valence-corrected chi connectivity index (χ3v) is 2.97. The summed E-state index contributed by atoms with van der Waals surface area (Å²) in [6, 6.07) is 0. The molecule has 0 unspecified atom stereocenters. The Morgan fingerprint density at radius 3 is 0.966 bits per heavy atom. The van der Waals surface area contributed by atoms with E-state index >= 15 is 0 Å². The molecule has 0 aliphatic heterocycles. The maximum Gasteiger partial charge on any atom is 0.473 e. The first-order valence-corrected chi connectivity index (χ1v) is 6.08. The second-order valence-electron chi connectivity index (χ2n) is 5.05. The van der Waals surface area contributed by atoms with Gasteiger partial charge in [0.2, 0.25) is 0 Å². The number of carbonyl (C=O) groups excluding carboxylic acids is 1. The molecule has 0 aliphatic rings. The third kappa shape index (κ3) is 3.53. The number of alkyl halides is 17. The van der Waals surface area contributed by atoms with Crippen molar-refractivity contribution in [2.24, 2.45) is 0 Å². The van der Waals surface area contributed by atoms with E-state index in [9.17, 15) is 79.4 Å². The highest BCUT2D eigenvalue weighted by atomic mass is 19.4. The number of ether oxygens (including phenoxy) is 1. The molecule has 0 aromatic heterocycles. The minimum Gasteiger partial charge on any atom is -0.396 e. The molecule has 0 atom stereocenters. The Hall–Kier alpha value is -1.72. The van der Waals surface area contributed by atoms with E-state index in [0.29, 0.717) is 0 Å². The summed E-state index contributed by atoms with van der Waals surface area (Å²) in [6.07, 6.45) is -14.9. The number of hydrogen-bond acceptors (Lipinski definition) is 2. The standard InChI is InChI=1S/C10H3F17O2/c1-2(28)29-10(26,27)8(21,22)6(17,18)4(13,14)3(11,12)5(15,16)7(19,20)9(23,24)25/h1H3. The van der Waals surface area contributed by atoms with E-state index < -0.39 is 53.8 Å². The van der Waals surface area contributed by atoms with Gasteiger partial charge in [0.05, 0.1) is 0 Å². The van der Waals surface area contributed by atoms with Gasteiger partial charge in [-0.25, -0.2) is 0 Å². The lowest BCUT2D eigenvalue weighted by Gasteiger charge is -2.42. The molecule has 0 aromatic rings. The van der Waals surface area contributed by atoms with Gasteiger partial charge in [0.25, 0.3) is 0 Å². The van der Waals surface area contributed by atoms with Crippen LogP contribution in [0.4, 0.5) is 74.6 Å². The van der Waals surface area contributed by atoms with Gasteiger partial charge in [0.1, 0.15) is 0 Å². The molecular formula is C10H3F17O2. The Morgan fingerprint density at radius 1 is 0.483 bits per heavy atom. The van der Waals surface area contributed by atoms with Crippen molar-refractivity contribution in [3.05, 3.63) is 0 Å². The van der Waals surface area contributed by atoms with Crippen molar-refractivity contribution in [1.82, 2.24) is 0 Å². The van der Waals surface area contributed by atoms with Crippen molar-refractivity contribution >= 4 is 5.97 Å². The Bertz CT molecular complexity index is 631. The molecule has 0 heterocycles. The second kappa shape index (κ2) is 6.64. The summed E-state index contributed by atoms with van der Waals surface area (Å²) in [6.45, 7) is -0.229. The zero-order valence-electron chi connectivity index (χ0n) is 12.7. The predicted molar refractivity (Wildman–Crippen MR) is 52.4 cm³/mol. The van der Waals surface area contributed by atoms with Gasteiger partial charge in [-0.2, -0.15) is 74.6 Å². The van der Waals surface area contributed by atoms with Gasteiger partial charge < -0.3 is 4.74 Å². The van der Waals surface area contributed by atoms with Gasteiger partial charge in [-0.05, 0) is 0 Å². The average Bonchev–Trinajstić information content (AvgIpc) is 2.43. The van der Waals surface area contributed by atoms with Crippen LogP contribution in [-0.4, -0.2) is 53.8 Å². The molecule has 0 radical (unpaired) electrons. The first-order chi connectivity index (χ1) is 12.2. The Balaban J connectivity index is 6.69. The largest absolute Gasteiger partial charge is 0.473 e.